The molecule has 1 atom stereocenters. The van der Waals surface area contributed by atoms with Crippen LogP contribution in [-0.4, -0.2) is 18.2 Å². The maximum absolute atomic E-state index is 6.23. The van der Waals surface area contributed by atoms with Gasteiger partial charge in [0.05, 0.1) is 0 Å². The zero-order chi connectivity index (χ0) is 14.8. The summed E-state index contributed by atoms with van der Waals surface area (Å²) in [5.74, 6) is 1.53. The Morgan fingerprint density at radius 3 is 2.50 bits per heavy atom. The average molecular weight is 275 g/mol. The van der Waals surface area contributed by atoms with Crippen molar-refractivity contribution in [2.75, 3.05) is 6.54 Å². The van der Waals surface area contributed by atoms with Gasteiger partial charge in [-0.1, -0.05) is 19.9 Å². The number of hydrogen-bond acceptors (Lipinski definition) is 2. The lowest BCUT2D eigenvalue weighted by Gasteiger charge is -2.28. The number of ether oxygens (including phenoxy) is 1. The van der Waals surface area contributed by atoms with Gasteiger partial charge in [0, 0.05) is 12.1 Å². The van der Waals surface area contributed by atoms with Crippen LogP contribution in [0.15, 0.2) is 18.2 Å². The van der Waals surface area contributed by atoms with Gasteiger partial charge in [0.2, 0.25) is 0 Å². The van der Waals surface area contributed by atoms with Crippen LogP contribution in [0.25, 0.3) is 0 Å². The highest BCUT2D eigenvalue weighted by atomic mass is 16.5. The molecule has 0 saturated heterocycles. The van der Waals surface area contributed by atoms with Crippen molar-refractivity contribution in [3.8, 4) is 5.75 Å². The highest BCUT2D eigenvalue weighted by molar-refractivity contribution is 5.38. The normalized spacial score (nSPS) is 16.3. The summed E-state index contributed by atoms with van der Waals surface area (Å²) in [6.07, 6.45) is 3.94. The predicted octanol–water partition coefficient (Wildman–Crippen LogP) is 3.97. The van der Waals surface area contributed by atoms with Gasteiger partial charge in [-0.3, -0.25) is 0 Å². The third-order valence-electron chi connectivity index (χ3n) is 3.93. The molecule has 0 aliphatic heterocycles. The van der Waals surface area contributed by atoms with Crippen molar-refractivity contribution in [1.29, 1.82) is 0 Å². The minimum Gasteiger partial charge on any atom is -0.489 e. The first kappa shape index (κ1) is 15.4. The predicted molar refractivity (Wildman–Crippen MR) is 85.5 cm³/mol. The van der Waals surface area contributed by atoms with E-state index in [9.17, 15) is 0 Å². The van der Waals surface area contributed by atoms with Gasteiger partial charge in [-0.2, -0.15) is 0 Å². The van der Waals surface area contributed by atoms with Crippen LogP contribution in [0, 0.1) is 5.92 Å². The average Bonchev–Trinajstić information content (AvgIpc) is 2.80. The molecule has 2 nitrogen and oxygen atoms in total. The molecule has 1 N–H and O–H groups in total. The molecule has 0 saturated carbocycles. The van der Waals surface area contributed by atoms with E-state index in [4.69, 9.17) is 4.74 Å². The van der Waals surface area contributed by atoms with Crippen molar-refractivity contribution in [2.45, 2.75) is 65.5 Å². The van der Waals surface area contributed by atoms with Gasteiger partial charge in [-0.25, -0.2) is 0 Å². The number of benzene rings is 1. The van der Waals surface area contributed by atoms with Gasteiger partial charge >= 0.3 is 0 Å². The third kappa shape index (κ3) is 4.24. The zero-order valence-corrected chi connectivity index (χ0v) is 13.6. The number of hydrogen-bond donors (Lipinski definition) is 1. The minimum atomic E-state index is 0.133. The molecule has 2 rings (SSSR count). The van der Waals surface area contributed by atoms with Crippen LogP contribution in [-0.2, 0) is 12.8 Å². The molecular weight excluding hydrogens is 246 g/mol. The first-order valence-electron chi connectivity index (χ1n) is 7.88. The molecule has 0 amide bonds. The fourth-order valence-electron chi connectivity index (χ4n) is 2.62. The maximum atomic E-state index is 6.23. The fraction of sp³-hybridized carbons (Fsp3) is 0.667. The van der Waals surface area contributed by atoms with E-state index in [-0.39, 0.29) is 11.6 Å². The molecule has 20 heavy (non-hydrogen) atoms. The highest BCUT2D eigenvalue weighted by Crippen LogP contribution is 2.27. The smallest absolute Gasteiger partial charge is 0.120 e. The molecular formula is C18H29NO. The van der Waals surface area contributed by atoms with Crippen molar-refractivity contribution in [3.05, 3.63) is 29.3 Å². The van der Waals surface area contributed by atoms with Crippen LogP contribution in [0.2, 0.25) is 0 Å². The summed E-state index contributed by atoms with van der Waals surface area (Å²) in [6, 6.07) is 6.62. The van der Waals surface area contributed by atoms with Gasteiger partial charge in [0.1, 0.15) is 11.9 Å². The Morgan fingerprint density at radius 1 is 1.15 bits per heavy atom. The van der Waals surface area contributed by atoms with Crippen LogP contribution >= 0.6 is 0 Å². The molecule has 0 spiro atoms. The Bertz CT molecular complexity index is 445. The molecule has 1 aromatic rings. The van der Waals surface area contributed by atoms with Crippen LogP contribution in [0.1, 0.15) is 52.2 Å². The Labute approximate surface area is 123 Å². The standard InChI is InChI=1S/C18H29NO/c1-13(2)17(12-19-18(3,4)5)20-16-10-9-14-7-6-8-15(14)11-16/h9-11,13,17,19H,6-8,12H2,1-5H3. The SMILES string of the molecule is CC(C)C(CNC(C)(C)C)Oc1ccc2c(c1)CCC2. The zero-order valence-electron chi connectivity index (χ0n) is 13.6. The van der Waals surface area contributed by atoms with Gasteiger partial charge in [0.15, 0.2) is 0 Å². The summed E-state index contributed by atoms with van der Waals surface area (Å²) in [6.45, 7) is 11.9. The molecule has 2 heteroatoms. The van der Waals surface area contributed by atoms with Crippen LogP contribution in [0.4, 0.5) is 0 Å². The number of nitrogens with one attached hydrogen (secondary N) is 1. The van der Waals surface area contributed by atoms with Crippen LogP contribution in [0.3, 0.4) is 0 Å². The lowest BCUT2D eigenvalue weighted by molar-refractivity contribution is 0.139. The maximum Gasteiger partial charge on any atom is 0.120 e. The summed E-state index contributed by atoms with van der Waals surface area (Å²) in [5, 5.41) is 3.55. The Balaban J connectivity index is 2.01. The monoisotopic (exact) mass is 275 g/mol. The van der Waals surface area contributed by atoms with E-state index in [2.05, 4.69) is 58.1 Å². The van der Waals surface area contributed by atoms with Gasteiger partial charge < -0.3 is 10.1 Å². The lowest BCUT2D eigenvalue weighted by Crippen LogP contribution is -2.44. The van der Waals surface area contributed by atoms with E-state index in [0.29, 0.717) is 5.92 Å². The van der Waals surface area contributed by atoms with Gasteiger partial charge in [0.25, 0.3) is 0 Å². The number of fused-ring (bicyclic) bond motifs is 1. The largest absolute Gasteiger partial charge is 0.489 e. The Hall–Kier alpha value is -1.02. The summed E-state index contributed by atoms with van der Waals surface area (Å²) < 4.78 is 6.23. The van der Waals surface area contributed by atoms with E-state index in [1.165, 1.54) is 30.4 Å². The molecule has 0 fully saturated rings. The second kappa shape index (κ2) is 6.17. The van der Waals surface area contributed by atoms with Crippen molar-refractivity contribution >= 4 is 0 Å². The molecule has 0 aromatic heterocycles. The summed E-state index contributed by atoms with van der Waals surface area (Å²) in [5.41, 5.74) is 3.12. The van der Waals surface area contributed by atoms with Gasteiger partial charge in [-0.15, -0.1) is 0 Å². The van der Waals surface area contributed by atoms with Crippen molar-refractivity contribution in [2.24, 2.45) is 5.92 Å². The third-order valence-corrected chi connectivity index (χ3v) is 3.93. The van der Waals surface area contributed by atoms with E-state index in [0.717, 1.165) is 12.3 Å². The summed E-state index contributed by atoms with van der Waals surface area (Å²) in [4.78, 5) is 0. The molecule has 1 aliphatic carbocycles. The van der Waals surface area contributed by atoms with Crippen LogP contribution in [0.5, 0.6) is 5.75 Å². The number of aryl methyl sites for hydroxylation is 2. The first-order valence-corrected chi connectivity index (χ1v) is 7.88. The summed E-state index contributed by atoms with van der Waals surface area (Å²) in [7, 11) is 0. The van der Waals surface area contributed by atoms with Gasteiger partial charge in [-0.05, 0) is 69.2 Å². The van der Waals surface area contributed by atoms with Crippen LogP contribution < -0.4 is 10.1 Å². The van der Waals surface area contributed by atoms with E-state index in [1.807, 2.05) is 0 Å². The quantitative estimate of drug-likeness (QED) is 0.878. The molecule has 0 bridgehead atoms. The Kier molecular flexibility index (Phi) is 4.74. The lowest BCUT2D eigenvalue weighted by atomic mass is 10.0. The Morgan fingerprint density at radius 2 is 1.85 bits per heavy atom. The molecule has 1 aromatic carbocycles. The van der Waals surface area contributed by atoms with E-state index in [1.54, 1.807) is 0 Å². The van der Waals surface area contributed by atoms with E-state index < -0.39 is 0 Å². The second-order valence-electron chi connectivity index (χ2n) is 7.32. The molecule has 1 aliphatic rings. The first-order chi connectivity index (χ1) is 9.35. The number of rotatable bonds is 5. The second-order valence-corrected chi connectivity index (χ2v) is 7.32. The van der Waals surface area contributed by atoms with Crippen molar-refractivity contribution < 1.29 is 4.74 Å². The molecule has 1 unspecified atom stereocenters. The minimum absolute atomic E-state index is 0.133. The highest BCUT2D eigenvalue weighted by Gasteiger charge is 2.19. The molecule has 112 valence electrons. The topological polar surface area (TPSA) is 21.3 Å². The molecule has 0 radical (unpaired) electrons. The van der Waals surface area contributed by atoms with Crippen molar-refractivity contribution in [3.63, 3.8) is 0 Å². The van der Waals surface area contributed by atoms with E-state index >= 15 is 0 Å². The fourth-order valence-corrected chi connectivity index (χ4v) is 2.62. The molecule has 0 heterocycles. The summed E-state index contributed by atoms with van der Waals surface area (Å²) >= 11 is 0. The van der Waals surface area contributed by atoms with Crippen molar-refractivity contribution in [1.82, 2.24) is 5.32 Å².